The maximum absolute atomic E-state index is 12.9. The summed E-state index contributed by atoms with van der Waals surface area (Å²) in [5.74, 6) is -0.601. The molecule has 1 aromatic rings. The van der Waals surface area contributed by atoms with Gasteiger partial charge in [0.15, 0.2) is 0 Å². The molecule has 0 heterocycles. The Labute approximate surface area is 126 Å². The van der Waals surface area contributed by atoms with Crippen LogP contribution in [0, 0.1) is 5.41 Å². The number of alkyl halides is 3. The van der Waals surface area contributed by atoms with E-state index >= 15 is 0 Å². The highest BCUT2D eigenvalue weighted by molar-refractivity contribution is 6.34. The van der Waals surface area contributed by atoms with Crippen LogP contribution in [0.15, 0.2) is 18.2 Å². The zero-order chi connectivity index (χ0) is 16.4. The number of carbonyl (C=O) groups is 1. The van der Waals surface area contributed by atoms with Crippen molar-refractivity contribution in [3.8, 4) is 0 Å². The molecule has 118 valence electrons. The summed E-state index contributed by atoms with van der Waals surface area (Å²) in [6.07, 6.45) is -4.69. The van der Waals surface area contributed by atoms with Crippen molar-refractivity contribution >= 4 is 23.2 Å². The number of amides is 1. The number of benzene rings is 1. The lowest BCUT2D eigenvalue weighted by Gasteiger charge is -2.26. The second-order valence-electron chi connectivity index (χ2n) is 5.88. The Bertz CT molecular complexity index is 524. The minimum absolute atomic E-state index is 0.0912. The molecule has 7 heteroatoms. The predicted octanol–water partition coefficient (Wildman–Crippen LogP) is 4.06. The third-order valence-corrected chi connectivity index (χ3v) is 3.42. The molecule has 0 fully saturated rings. The molecule has 1 unspecified atom stereocenters. The summed E-state index contributed by atoms with van der Waals surface area (Å²) >= 11 is 5.76. The second kappa shape index (κ2) is 6.23. The summed E-state index contributed by atoms with van der Waals surface area (Å²) in [4.78, 5) is 11.9. The molecule has 1 atom stereocenters. The fourth-order valence-electron chi connectivity index (χ4n) is 1.58. The van der Waals surface area contributed by atoms with Crippen molar-refractivity contribution in [3.05, 3.63) is 28.8 Å². The van der Waals surface area contributed by atoms with Crippen molar-refractivity contribution in [2.45, 2.75) is 39.4 Å². The van der Waals surface area contributed by atoms with Crippen molar-refractivity contribution in [2.24, 2.45) is 11.1 Å². The lowest BCUT2D eigenvalue weighted by Crippen LogP contribution is -2.38. The molecule has 1 aromatic carbocycles. The molecule has 0 aliphatic carbocycles. The van der Waals surface area contributed by atoms with Gasteiger partial charge >= 0.3 is 6.18 Å². The molecular weight excluding hydrogens is 305 g/mol. The Morgan fingerprint density at radius 3 is 2.38 bits per heavy atom. The number of rotatable bonds is 3. The lowest BCUT2D eigenvalue weighted by molar-refractivity contribution is -0.137. The largest absolute Gasteiger partial charge is 0.418 e. The van der Waals surface area contributed by atoms with Crippen LogP contribution in [0.4, 0.5) is 18.9 Å². The number of para-hydroxylation sites is 1. The SMILES string of the molecule is CC(C)(C)C(N)CC(=O)Nc1c(Cl)cccc1C(F)(F)F. The first kappa shape index (κ1) is 17.8. The normalized spacial score (nSPS) is 13.9. The Morgan fingerprint density at radius 2 is 1.90 bits per heavy atom. The molecular formula is C14H18ClF3N2O. The van der Waals surface area contributed by atoms with Gasteiger partial charge in [-0.2, -0.15) is 13.2 Å². The second-order valence-corrected chi connectivity index (χ2v) is 6.29. The first-order valence-electron chi connectivity index (χ1n) is 6.34. The van der Waals surface area contributed by atoms with Crippen molar-refractivity contribution < 1.29 is 18.0 Å². The maximum Gasteiger partial charge on any atom is 0.418 e. The standard InChI is InChI=1S/C14H18ClF3N2O/c1-13(2,3)10(19)7-11(21)20-12-8(14(16,17)18)5-4-6-9(12)15/h4-6,10H,7,19H2,1-3H3,(H,20,21). The van der Waals surface area contributed by atoms with Gasteiger partial charge in [0, 0.05) is 12.5 Å². The summed E-state index contributed by atoms with van der Waals surface area (Å²) in [5.41, 5.74) is 4.11. The zero-order valence-corrected chi connectivity index (χ0v) is 12.8. The molecule has 1 rings (SSSR count). The van der Waals surface area contributed by atoms with Crippen LogP contribution in [0.5, 0.6) is 0 Å². The summed E-state index contributed by atoms with van der Waals surface area (Å²) < 4.78 is 38.7. The summed E-state index contributed by atoms with van der Waals surface area (Å²) in [5, 5.41) is 2.05. The number of nitrogens with one attached hydrogen (secondary N) is 1. The van der Waals surface area contributed by atoms with Crippen molar-refractivity contribution in [2.75, 3.05) is 5.32 Å². The van der Waals surface area contributed by atoms with Gasteiger partial charge in [0.1, 0.15) is 0 Å². The minimum atomic E-state index is -4.60. The smallest absolute Gasteiger partial charge is 0.327 e. The molecule has 0 aliphatic rings. The van der Waals surface area contributed by atoms with E-state index in [1.807, 2.05) is 20.8 Å². The molecule has 3 N–H and O–H groups in total. The van der Waals surface area contributed by atoms with Gasteiger partial charge in [-0.15, -0.1) is 0 Å². The van der Waals surface area contributed by atoms with Crippen molar-refractivity contribution in [3.63, 3.8) is 0 Å². The van der Waals surface area contributed by atoms with Gasteiger partial charge in [-0.25, -0.2) is 0 Å². The van der Waals surface area contributed by atoms with Crippen LogP contribution < -0.4 is 11.1 Å². The van der Waals surface area contributed by atoms with E-state index in [9.17, 15) is 18.0 Å². The van der Waals surface area contributed by atoms with Crippen LogP contribution in [0.2, 0.25) is 5.02 Å². The fourth-order valence-corrected chi connectivity index (χ4v) is 1.81. The van der Waals surface area contributed by atoms with E-state index in [0.717, 1.165) is 6.07 Å². The molecule has 21 heavy (non-hydrogen) atoms. The average molecular weight is 323 g/mol. The molecule has 0 saturated heterocycles. The number of halogens is 4. The number of nitrogens with two attached hydrogens (primary N) is 1. The monoisotopic (exact) mass is 322 g/mol. The average Bonchev–Trinajstić information content (AvgIpc) is 2.28. The van der Waals surface area contributed by atoms with Crippen LogP contribution in [-0.2, 0) is 11.0 Å². The Morgan fingerprint density at radius 1 is 1.33 bits per heavy atom. The van der Waals surface area contributed by atoms with Gasteiger partial charge in [0.2, 0.25) is 5.91 Å². The van der Waals surface area contributed by atoms with Crippen LogP contribution in [-0.4, -0.2) is 11.9 Å². The third kappa shape index (κ3) is 4.89. The summed E-state index contributed by atoms with van der Waals surface area (Å²) in [7, 11) is 0. The number of hydrogen-bond acceptors (Lipinski definition) is 2. The van der Waals surface area contributed by atoms with Gasteiger partial charge in [0.25, 0.3) is 0 Å². The Hall–Kier alpha value is -1.27. The molecule has 0 aliphatic heterocycles. The summed E-state index contributed by atoms with van der Waals surface area (Å²) in [6.45, 7) is 5.55. The van der Waals surface area contributed by atoms with Crippen LogP contribution in [0.25, 0.3) is 0 Å². The molecule has 0 bridgehead atoms. The Balaban J connectivity index is 2.96. The van der Waals surface area contributed by atoms with Gasteiger partial charge < -0.3 is 11.1 Å². The van der Waals surface area contributed by atoms with Crippen LogP contribution >= 0.6 is 11.6 Å². The highest BCUT2D eigenvalue weighted by Gasteiger charge is 2.35. The quantitative estimate of drug-likeness (QED) is 0.881. The van der Waals surface area contributed by atoms with Gasteiger partial charge in [0.05, 0.1) is 16.3 Å². The molecule has 1 amide bonds. The zero-order valence-electron chi connectivity index (χ0n) is 12.0. The topological polar surface area (TPSA) is 55.1 Å². The van der Waals surface area contributed by atoms with E-state index in [1.54, 1.807) is 0 Å². The van der Waals surface area contributed by atoms with Crippen LogP contribution in [0.1, 0.15) is 32.8 Å². The Kier molecular flexibility index (Phi) is 5.28. The summed E-state index contributed by atoms with van der Waals surface area (Å²) in [6, 6.07) is 2.86. The molecule has 0 spiro atoms. The van der Waals surface area contributed by atoms with E-state index in [1.165, 1.54) is 12.1 Å². The van der Waals surface area contributed by atoms with E-state index in [4.69, 9.17) is 17.3 Å². The van der Waals surface area contributed by atoms with Crippen molar-refractivity contribution in [1.29, 1.82) is 0 Å². The first-order valence-corrected chi connectivity index (χ1v) is 6.72. The first-order chi connectivity index (χ1) is 9.43. The highest BCUT2D eigenvalue weighted by atomic mass is 35.5. The van der Waals surface area contributed by atoms with E-state index in [-0.39, 0.29) is 16.9 Å². The number of hydrogen-bond donors (Lipinski definition) is 2. The number of anilines is 1. The molecule has 0 radical (unpaired) electrons. The van der Waals surface area contributed by atoms with Crippen LogP contribution in [0.3, 0.4) is 0 Å². The van der Waals surface area contributed by atoms with Gasteiger partial charge in [-0.05, 0) is 17.5 Å². The molecule has 0 aromatic heterocycles. The van der Waals surface area contributed by atoms with E-state index in [2.05, 4.69) is 5.32 Å². The van der Waals surface area contributed by atoms with E-state index < -0.39 is 29.4 Å². The maximum atomic E-state index is 12.9. The lowest BCUT2D eigenvalue weighted by atomic mass is 9.85. The molecule has 0 saturated carbocycles. The predicted molar refractivity (Wildman–Crippen MR) is 77.1 cm³/mol. The van der Waals surface area contributed by atoms with Crippen molar-refractivity contribution in [1.82, 2.24) is 0 Å². The van der Waals surface area contributed by atoms with Gasteiger partial charge in [-0.1, -0.05) is 38.4 Å². The molecule has 3 nitrogen and oxygen atoms in total. The highest BCUT2D eigenvalue weighted by Crippen LogP contribution is 2.38. The van der Waals surface area contributed by atoms with Gasteiger partial charge in [-0.3, -0.25) is 4.79 Å². The minimum Gasteiger partial charge on any atom is -0.327 e. The van der Waals surface area contributed by atoms with E-state index in [0.29, 0.717) is 0 Å². The number of carbonyl (C=O) groups excluding carboxylic acids is 1. The fraction of sp³-hybridized carbons (Fsp3) is 0.500. The third-order valence-electron chi connectivity index (χ3n) is 3.10.